The quantitative estimate of drug-likeness (QED) is 0.448. The minimum atomic E-state index is -0.520. The highest BCUT2D eigenvalue weighted by Crippen LogP contribution is 2.15. The first-order chi connectivity index (χ1) is 15.2. The van der Waals surface area contributed by atoms with Crippen molar-refractivity contribution in [3.63, 3.8) is 0 Å². The second-order valence-electron chi connectivity index (χ2n) is 6.57. The first kappa shape index (κ1) is 20.0. The molecule has 156 valence electrons. The number of carbonyl (C=O) groups excluding carboxylic acids is 2. The first-order valence-electron chi connectivity index (χ1n) is 9.51. The number of ether oxygens (including phenoxy) is 1. The van der Waals surface area contributed by atoms with Gasteiger partial charge in [0.05, 0.1) is 6.26 Å². The normalized spacial score (nSPS) is 10.5. The van der Waals surface area contributed by atoms with Gasteiger partial charge in [-0.1, -0.05) is 42.5 Å². The van der Waals surface area contributed by atoms with E-state index >= 15 is 0 Å². The highest BCUT2D eigenvalue weighted by Gasteiger charge is 2.16. The number of amides is 2. The van der Waals surface area contributed by atoms with Crippen LogP contribution in [0, 0.1) is 0 Å². The maximum Gasteiger partial charge on any atom is 0.302 e. The number of hydrogen-bond donors (Lipinski definition) is 2. The van der Waals surface area contributed by atoms with Crippen LogP contribution < -0.4 is 15.4 Å². The second kappa shape index (κ2) is 9.45. The number of nitrogens with one attached hydrogen (secondary N) is 2. The van der Waals surface area contributed by atoms with Crippen molar-refractivity contribution >= 4 is 17.8 Å². The number of carbonyl (C=O) groups is 2. The number of oxazole rings is 1. The molecule has 2 heterocycles. The van der Waals surface area contributed by atoms with Crippen molar-refractivity contribution in [1.29, 1.82) is 0 Å². The SMILES string of the molecule is O=C(NCc1ccc(OCc2ccccc2)cc1)c1coc(NC(=O)c2ccco2)n1. The number of furan rings is 1. The average molecular weight is 417 g/mol. The summed E-state index contributed by atoms with van der Waals surface area (Å²) in [5.41, 5.74) is 2.04. The van der Waals surface area contributed by atoms with Gasteiger partial charge < -0.3 is 18.9 Å². The molecule has 4 aromatic rings. The third-order valence-electron chi connectivity index (χ3n) is 4.33. The molecule has 2 N–H and O–H groups in total. The van der Waals surface area contributed by atoms with E-state index in [0.29, 0.717) is 13.2 Å². The van der Waals surface area contributed by atoms with Crippen molar-refractivity contribution in [3.05, 3.63) is 102 Å². The highest BCUT2D eigenvalue weighted by molar-refractivity contribution is 6.01. The van der Waals surface area contributed by atoms with Crippen LogP contribution in [-0.2, 0) is 13.2 Å². The highest BCUT2D eigenvalue weighted by atomic mass is 16.5. The first-order valence-corrected chi connectivity index (χ1v) is 9.51. The molecule has 31 heavy (non-hydrogen) atoms. The fraction of sp³-hybridized carbons (Fsp3) is 0.0870. The van der Waals surface area contributed by atoms with Crippen LogP contribution in [0.15, 0.2) is 88.1 Å². The summed E-state index contributed by atoms with van der Waals surface area (Å²) in [4.78, 5) is 28.2. The van der Waals surface area contributed by atoms with E-state index in [2.05, 4.69) is 15.6 Å². The van der Waals surface area contributed by atoms with Gasteiger partial charge in [-0.2, -0.15) is 4.98 Å². The van der Waals surface area contributed by atoms with Crippen LogP contribution in [0.2, 0.25) is 0 Å². The summed E-state index contributed by atoms with van der Waals surface area (Å²) in [5.74, 6) is -0.0900. The van der Waals surface area contributed by atoms with Crippen LogP contribution in [-0.4, -0.2) is 16.8 Å². The zero-order valence-electron chi connectivity index (χ0n) is 16.4. The Balaban J connectivity index is 1.26. The largest absolute Gasteiger partial charge is 0.489 e. The van der Waals surface area contributed by atoms with Gasteiger partial charge in [0.25, 0.3) is 11.8 Å². The molecule has 0 unspecified atom stereocenters. The van der Waals surface area contributed by atoms with Gasteiger partial charge in [-0.05, 0) is 35.4 Å². The van der Waals surface area contributed by atoms with E-state index in [9.17, 15) is 9.59 Å². The van der Waals surface area contributed by atoms with Gasteiger partial charge in [-0.25, -0.2) is 0 Å². The zero-order chi connectivity index (χ0) is 21.5. The monoisotopic (exact) mass is 417 g/mol. The van der Waals surface area contributed by atoms with Crippen LogP contribution in [0.25, 0.3) is 0 Å². The van der Waals surface area contributed by atoms with Gasteiger partial charge in [0.2, 0.25) is 0 Å². The Hall–Kier alpha value is -4.33. The van der Waals surface area contributed by atoms with E-state index in [1.165, 1.54) is 18.6 Å². The Bertz CT molecular complexity index is 1140. The summed E-state index contributed by atoms with van der Waals surface area (Å²) in [7, 11) is 0. The molecule has 0 aliphatic rings. The molecule has 8 heteroatoms. The number of rotatable bonds is 8. The summed E-state index contributed by atoms with van der Waals surface area (Å²) in [6.07, 6.45) is 2.55. The summed E-state index contributed by atoms with van der Waals surface area (Å²) >= 11 is 0. The molecule has 0 fully saturated rings. The van der Waals surface area contributed by atoms with Gasteiger partial charge in [-0.15, -0.1) is 0 Å². The maximum atomic E-state index is 12.3. The van der Waals surface area contributed by atoms with Crippen LogP contribution in [0.4, 0.5) is 6.01 Å². The van der Waals surface area contributed by atoms with Crippen LogP contribution in [0.5, 0.6) is 5.75 Å². The molecule has 0 bridgehead atoms. The number of hydrogen-bond acceptors (Lipinski definition) is 6. The Morgan fingerprint density at radius 1 is 0.871 bits per heavy atom. The fourth-order valence-corrected chi connectivity index (χ4v) is 2.72. The second-order valence-corrected chi connectivity index (χ2v) is 6.57. The van der Waals surface area contributed by atoms with Crippen molar-refractivity contribution in [1.82, 2.24) is 10.3 Å². The third kappa shape index (κ3) is 5.39. The topological polar surface area (TPSA) is 107 Å². The van der Waals surface area contributed by atoms with Crippen molar-refractivity contribution in [2.24, 2.45) is 0 Å². The number of nitrogens with zero attached hydrogens (tertiary/aromatic N) is 1. The van der Waals surface area contributed by atoms with E-state index in [1.54, 1.807) is 6.07 Å². The molecule has 2 aromatic heterocycles. The summed E-state index contributed by atoms with van der Waals surface area (Å²) < 4.78 is 15.9. The molecule has 2 amide bonds. The predicted octanol–water partition coefficient (Wildman–Crippen LogP) is 4.03. The predicted molar refractivity (Wildman–Crippen MR) is 112 cm³/mol. The number of benzene rings is 2. The molecule has 0 aliphatic carbocycles. The smallest absolute Gasteiger partial charge is 0.302 e. The van der Waals surface area contributed by atoms with Crippen molar-refractivity contribution in [2.75, 3.05) is 5.32 Å². The van der Waals surface area contributed by atoms with E-state index in [0.717, 1.165) is 16.9 Å². The molecule has 0 aliphatic heterocycles. The van der Waals surface area contributed by atoms with E-state index in [4.69, 9.17) is 13.6 Å². The number of aromatic nitrogens is 1. The van der Waals surface area contributed by atoms with Gasteiger partial charge in [0.15, 0.2) is 11.5 Å². The van der Waals surface area contributed by atoms with Crippen LogP contribution in [0.3, 0.4) is 0 Å². The van der Waals surface area contributed by atoms with Crippen molar-refractivity contribution in [3.8, 4) is 5.75 Å². The van der Waals surface area contributed by atoms with Gasteiger partial charge >= 0.3 is 6.01 Å². The molecule has 0 saturated heterocycles. The molecule has 8 nitrogen and oxygen atoms in total. The maximum absolute atomic E-state index is 12.3. The molecule has 0 spiro atoms. The molecular weight excluding hydrogens is 398 g/mol. The summed E-state index contributed by atoms with van der Waals surface area (Å²) in [6.45, 7) is 0.792. The van der Waals surface area contributed by atoms with Crippen molar-refractivity contribution < 1.29 is 23.2 Å². The minimum Gasteiger partial charge on any atom is -0.489 e. The molecular formula is C23H19N3O5. The Kier molecular flexibility index (Phi) is 6.08. The van der Waals surface area contributed by atoms with Crippen molar-refractivity contribution in [2.45, 2.75) is 13.2 Å². The Labute approximate surface area is 177 Å². The van der Waals surface area contributed by atoms with Gasteiger partial charge in [-0.3, -0.25) is 14.9 Å². The molecule has 4 rings (SSSR count). The molecule has 0 radical (unpaired) electrons. The van der Waals surface area contributed by atoms with Crippen LogP contribution >= 0.6 is 0 Å². The van der Waals surface area contributed by atoms with E-state index < -0.39 is 11.8 Å². The lowest BCUT2D eigenvalue weighted by atomic mass is 10.2. The third-order valence-corrected chi connectivity index (χ3v) is 4.33. The van der Waals surface area contributed by atoms with Crippen LogP contribution in [0.1, 0.15) is 32.2 Å². The Morgan fingerprint density at radius 2 is 1.68 bits per heavy atom. The zero-order valence-corrected chi connectivity index (χ0v) is 16.4. The fourth-order valence-electron chi connectivity index (χ4n) is 2.72. The van der Waals surface area contributed by atoms with E-state index in [1.807, 2.05) is 54.6 Å². The molecule has 2 aromatic carbocycles. The molecule has 0 saturated carbocycles. The lowest BCUT2D eigenvalue weighted by Gasteiger charge is -2.08. The minimum absolute atomic E-state index is 0.0533. The lowest BCUT2D eigenvalue weighted by molar-refractivity contribution is 0.0944. The Morgan fingerprint density at radius 3 is 2.42 bits per heavy atom. The lowest BCUT2D eigenvalue weighted by Crippen LogP contribution is -2.23. The van der Waals surface area contributed by atoms with E-state index in [-0.39, 0.29) is 17.5 Å². The standard InChI is InChI=1S/C23H19N3O5/c27-21(19-15-31-23(25-19)26-22(28)20-7-4-12-29-20)24-13-16-8-10-18(11-9-16)30-14-17-5-2-1-3-6-17/h1-12,15H,13-14H2,(H,24,27)(H,25,26,28). The number of anilines is 1. The van der Waals surface area contributed by atoms with Gasteiger partial charge in [0.1, 0.15) is 18.6 Å². The summed E-state index contributed by atoms with van der Waals surface area (Å²) in [5, 5.41) is 5.17. The summed E-state index contributed by atoms with van der Waals surface area (Å²) in [6, 6.07) is 20.3. The van der Waals surface area contributed by atoms with Gasteiger partial charge in [0, 0.05) is 6.54 Å². The molecule has 0 atom stereocenters. The average Bonchev–Trinajstić information content (AvgIpc) is 3.50.